The Morgan fingerprint density at radius 1 is 1.67 bits per heavy atom. The van der Waals surface area contributed by atoms with Crippen molar-refractivity contribution in [1.29, 1.82) is 0 Å². The highest BCUT2D eigenvalue weighted by Gasteiger charge is 2.24. The summed E-state index contributed by atoms with van der Waals surface area (Å²) in [6.07, 6.45) is -2.29. The number of aliphatic hydroxyl groups excluding tert-OH is 1. The number of halogens is 3. The summed E-state index contributed by atoms with van der Waals surface area (Å²) in [4.78, 5) is 12.7. The first-order valence-electron chi connectivity index (χ1n) is 3.69. The molecule has 0 amide bonds. The van der Waals surface area contributed by atoms with E-state index in [1.54, 1.807) is 0 Å². The Balaban J connectivity index is 3.39. The van der Waals surface area contributed by atoms with E-state index in [0.717, 1.165) is 0 Å². The average Bonchev–Trinajstić information content (AvgIpc) is 2.16. The Morgan fingerprint density at radius 3 is 2.67 bits per heavy atom. The Labute approximate surface area is 87.5 Å². The molecule has 0 saturated carbocycles. The van der Waals surface area contributed by atoms with Crippen LogP contribution in [0.1, 0.15) is 17.7 Å². The van der Waals surface area contributed by atoms with E-state index in [-0.39, 0.29) is 5.56 Å². The van der Waals surface area contributed by atoms with Gasteiger partial charge in [0.05, 0.1) is 22.1 Å². The van der Waals surface area contributed by atoms with Crippen LogP contribution in [0, 0.1) is 10.1 Å². The molecule has 0 aromatic carbocycles. The molecule has 0 aliphatic rings. The van der Waals surface area contributed by atoms with E-state index in [0.29, 0.717) is 6.20 Å². The molecule has 0 atom stereocenters. The highest BCUT2D eigenvalue weighted by atomic mass is 35.5. The van der Waals surface area contributed by atoms with E-state index in [9.17, 15) is 18.9 Å². The van der Waals surface area contributed by atoms with Gasteiger partial charge in [0.2, 0.25) is 0 Å². The molecule has 15 heavy (non-hydrogen) atoms. The first kappa shape index (κ1) is 11.7. The van der Waals surface area contributed by atoms with Crippen molar-refractivity contribution in [2.75, 3.05) is 0 Å². The molecule has 0 unspecified atom stereocenters. The summed E-state index contributed by atoms with van der Waals surface area (Å²) in [6, 6.07) is 0. The van der Waals surface area contributed by atoms with Gasteiger partial charge in [-0.3, -0.25) is 10.1 Å². The lowest BCUT2D eigenvalue weighted by Crippen LogP contribution is -2.02. The maximum atomic E-state index is 12.3. The van der Waals surface area contributed by atoms with Crippen LogP contribution in [0.5, 0.6) is 0 Å². The van der Waals surface area contributed by atoms with E-state index >= 15 is 0 Å². The summed E-state index contributed by atoms with van der Waals surface area (Å²) in [7, 11) is 0. The van der Waals surface area contributed by atoms with Crippen molar-refractivity contribution in [2.24, 2.45) is 0 Å². The molecule has 0 spiro atoms. The van der Waals surface area contributed by atoms with Gasteiger partial charge in [-0.05, 0) is 0 Å². The lowest BCUT2D eigenvalue weighted by molar-refractivity contribution is -0.386. The van der Waals surface area contributed by atoms with Crippen LogP contribution in [0.3, 0.4) is 0 Å². The minimum Gasteiger partial charge on any atom is -0.391 e. The Hall–Kier alpha value is -1.34. The second-order valence-corrected chi connectivity index (χ2v) is 2.92. The van der Waals surface area contributed by atoms with Gasteiger partial charge in [0.15, 0.2) is 0 Å². The fourth-order valence-corrected chi connectivity index (χ4v) is 1.28. The van der Waals surface area contributed by atoms with Crippen LogP contribution in [0.25, 0.3) is 0 Å². The van der Waals surface area contributed by atoms with Crippen molar-refractivity contribution < 1.29 is 18.8 Å². The molecule has 0 saturated heterocycles. The molecular formula is C7H5ClF2N2O3. The fraction of sp³-hybridized carbons (Fsp3) is 0.286. The highest BCUT2D eigenvalue weighted by Crippen LogP contribution is 2.32. The zero-order valence-electron chi connectivity index (χ0n) is 7.15. The van der Waals surface area contributed by atoms with Crippen LogP contribution >= 0.6 is 11.6 Å². The zero-order chi connectivity index (χ0) is 11.6. The summed E-state index contributed by atoms with van der Waals surface area (Å²) in [5, 5.41) is 18.6. The molecule has 1 heterocycles. The number of rotatable bonds is 3. The second-order valence-electron chi connectivity index (χ2n) is 2.54. The van der Waals surface area contributed by atoms with E-state index in [1.807, 2.05) is 0 Å². The molecule has 8 heteroatoms. The number of nitro groups is 1. The van der Waals surface area contributed by atoms with Gasteiger partial charge in [-0.25, -0.2) is 13.8 Å². The topological polar surface area (TPSA) is 76.3 Å². The third-order valence-electron chi connectivity index (χ3n) is 1.69. The Morgan fingerprint density at radius 2 is 2.27 bits per heavy atom. The van der Waals surface area contributed by atoms with Gasteiger partial charge in [-0.15, -0.1) is 0 Å². The van der Waals surface area contributed by atoms with Gasteiger partial charge in [-0.2, -0.15) is 0 Å². The van der Waals surface area contributed by atoms with Crippen LogP contribution in [0.15, 0.2) is 6.20 Å². The number of aromatic nitrogens is 1. The summed E-state index contributed by atoms with van der Waals surface area (Å²) >= 11 is 5.45. The van der Waals surface area contributed by atoms with E-state index in [4.69, 9.17) is 16.7 Å². The maximum Gasteiger partial charge on any atom is 0.294 e. The first-order valence-corrected chi connectivity index (χ1v) is 4.07. The normalized spacial score (nSPS) is 10.7. The minimum atomic E-state index is -2.94. The summed E-state index contributed by atoms with van der Waals surface area (Å²) in [5.41, 5.74) is -1.70. The van der Waals surface area contributed by atoms with Crippen LogP contribution in [-0.4, -0.2) is 15.0 Å². The lowest BCUT2D eigenvalue weighted by atomic mass is 10.2. The third kappa shape index (κ3) is 2.18. The Kier molecular flexibility index (Phi) is 3.48. The minimum absolute atomic E-state index is 0.355. The highest BCUT2D eigenvalue weighted by molar-refractivity contribution is 6.32. The number of hydrogen-bond acceptors (Lipinski definition) is 4. The smallest absolute Gasteiger partial charge is 0.294 e. The molecule has 1 aromatic rings. The zero-order valence-corrected chi connectivity index (χ0v) is 7.91. The predicted molar refractivity (Wildman–Crippen MR) is 46.8 cm³/mol. The van der Waals surface area contributed by atoms with E-state index in [1.165, 1.54) is 0 Å². The number of nitrogens with zero attached hydrogens (tertiary/aromatic N) is 2. The first-order chi connectivity index (χ1) is 6.99. The molecule has 0 radical (unpaired) electrons. The van der Waals surface area contributed by atoms with Crippen molar-refractivity contribution in [3.05, 3.63) is 32.6 Å². The second kappa shape index (κ2) is 4.45. The molecule has 0 fully saturated rings. The molecule has 1 aromatic heterocycles. The standard InChI is InChI=1S/C7H5ClF2N2O3/c8-5-3(2-13)4(12(14)15)1-11-6(5)7(9)10/h1,7,13H,2H2. The lowest BCUT2D eigenvalue weighted by Gasteiger charge is -2.06. The SMILES string of the molecule is O=[N+]([O-])c1cnc(C(F)F)c(Cl)c1CO. The fourth-order valence-electron chi connectivity index (χ4n) is 0.992. The third-order valence-corrected chi connectivity index (χ3v) is 2.11. The van der Waals surface area contributed by atoms with Crippen molar-refractivity contribution in [3.8, 4) is 0 Å². The van der Waals surface area contributed by atoms with Crippen LogP contribution in [-0.2, 0) is 6.61 Å². The number of pyridine rings is 1. The number of aliphatic hydroxyl groups is 1. The van der Waals surface area contributed by atoms with Crippen molar-refractivity contribution in [2.45, 2.75) is 13.0 Å². The summed E-state index contributed by atoms with van der Waals surface area (Å²) in [5.74, 6) is 0. The maximum absolute atomic E-state index is 12.3. The monoisotopic (exact) mass is 238 g/mol. The number of hydrogen-bond donors (Lipinski definition) is 1. The predicted octanol–water partition coefficient (Wildman–Crippen LogP) is 2.07. The van der Waals surface area contributed by atoms with Crippen molar-refractivity contribution in [3.63, 3.8) is 0 Å². The van der Waals surface area contributed by atoms with Crippen LogP contribution in [0.4, 0.5) is 14.5 Å². The van der Waals surface area contributed by atoms with Gasteiger partial charge in [0, 0.05) is 0 Å². The Bertz CT molecular complexity index is 400. The molecular weight excluding hydrogens is 234 g/mol. The van der Waals surface area contributed by atoms with Gasteiger partial charge in [0.1, 0.15) is 11.9 Å². The molecule has 1 rings (SSSR count). The molecule has 0 aliphatic carbocycles. The molecule has 82 valence electrons. The summed E-state index contributed by atoms with van der Waals surface area (Å²) < 4.78 is 24.6. The molecule has 5 nitrogen and oxygen atoms in total. The average molecular weight is 239 g/mol. The summed E-state index contributed by atoms with van der Waals surface area (Å²) in [6.45, 7) is -0.794. The quantitative estimate of drug-likeness (QED) is 0.646. The van der Waals surface area contributed by atoms with Gasteiger partial charge in [0.25, 0.3) is 12.1 Å². The van der Waals surface area contributed by atoms with Gasteiger partial charge >= 0.3 is 0 Å². The van der Waals surface area contributed by atoms with Gasteiger partial charge in [-0.1, -0.05) is 11.6 Å². The van der Waals surface area contributed by atoms with Crippen LogP contribution < -0.4 is 0 Å². The number of alkyl halides is 2. The van der Waals surface area contributed by atoms with E-state index in [2.05, 4.69) is 4.98 Å². The molecule has 0 bridgehead atoms. The van der Waals surface area contributed by atoms with Crippen molar-refractivity contribution >= 4 is 17.3 Å². The van der Waals surface area contributed by atoms with Gasteiger partial charge < -0.3 is 5.11 Å². The largest absolute Gasteiger partial charge is 0.391 e. The van der Waals surface area contributed by atoms with Crippen molar-refractivity contribution in [1.82, 2.24) is 4.98 Å². The van der Waals surface area contributed by atoms with E-state index < -0.39 is 34.4 Å². The van der Waals surface area contributed by atoms with Crippen LogP contribution in [0.2, 0.25) is 5.02 Å². The molecule has 0 aliphatic heterocycles. The molecule has 1 N–H and O–H groups in total.